The summed E-state index contributed by atoms with van der Waals surface area (Å²) in [5.74, 6) is 0.656. The van der Waals surface area contributed by atoms with Crippen molar-refractivity contribution >= 4 is 22.4 Å². The molecule has 17 heavy (non-hydrogen) atoms. The van der Waals surface area contributed by atoms with Crippen molar-refractivity contribution in [1.82, 2.24) is 9.27 Å². The molecular weight excluding hydrogens is 232 g/mol. The maximum absolute atomic E-state index is 5.67. The molecule has 0 radical (unpaired) electrons. The minimum absolute atomic E-state index is 0.656. The summed E-state index contributed by atoms with van der Waals surface area (Å²) < 4.78 is 4.15. The molecular formula is C12H20N4S. The number of anilines is 2. The average Bonchev–Trinajstić information content (AvgIpc) is 3.00. The second kappa shape index (κ2) is 4.82. The van der Waals surface area contributed by atoms with Gasteiger partial charge in [0.2, 0.25) is 0 Å². The van der Waals surface area contributed by atoms with Crippen molar-refractivity contribution in [1.29, 1.82) is 0 Å². The van der Waals surface area contributed by atoms with E-state index in [4.69, 9.17) is 5.73 Å². The topological polar surface area (TPSA) is 45.4 Å². The summed E-state index contributed by atoms with van der Waals surface area (Å²) in [6.45, 7) is 4.64. The van der Waals surface area contributed by atoms with Gasteiger partial charge >= 0.3 is 0 Å². The number of nitrogen functional groups attached to an aromatic ring is 1. The molecule has 4 nitrogen and oxygen atoms in total. The Morgan fingerprint density at radius 1 is 1.18 bits per heavy atom. The summed E-state index contributed by atoms with van der Waals surface area (Å²) >= 11 is 1.52. The van der Waals surface area contributed by atoms with Gasteiger partial charge < -0.3 is 10.6 Å². The van der Waals surface area contributed by atoms with E-state index < -0.39 is 0 Å². The predicted molar refractivity (Wildman–Crippen MR) is 72.6 cm³/mol. The summed E-state index contributed by atoms with van der Waals surface area (Å²) in [6.07, 6.45) is 5.67. The second-order valence-electron chi connectivity index (χ2n) is 5.05. The molecule has 0 bridgehead atoms. The molecule has 2 N–H and O–H groups in total. The summed E-state index contributed by atoms with van der Waals surface area (Å²) in [5.41, 5.74) is 5.67. The molecule has 2 heterocycles. The Balaban J connectivity index is 1.56. The highest BCUT2D eigenvalue weighted by Crippen LogP contribution is 2.27. The van der Waals surface area contributed by atoms with E-state index in [1.807, 2.05) is 6.07 Å². The highest BCUT2D eigenvalue weighted by atomic mass is 32.1. The van der Waals surface area contributed by atoms with E-state index in [-0.39, 0.29) is 0 Å². The first kappa shape index (κ1) is 11.3. The number of hydrogen-bond donors (Lipinski definition) is 1. The quantitative estimate of drug-likeness (QED) is 0.871. The number of aromatic nitrogens is 1. The standard InChI is InChI=1S/C12H20N4S/c13-11-9-12(17-14-11)16-7-5-15(6-8-16)10-3-1-2-4-10/h9-10H,1-8H2,(H2,13,14). The van der Waals surface area contributed by atoms with Crippen LogP contribution in [-0.4, -0.2) is 41.5 Å². The molecule has 5 heteroatoms. The van der Waals surface area contributed by atoms with Crippen LogP contribution in [0, 0.1) is 0 Å². The van der Waals surface area contributed by atoms with Crippen LogP contribution >= 0.6 is 11.5 Å². The first-order valence-electron chi connectivity index (χ1n) is 6.54. The fourth-order valence-corrected chi connectivity index (χ4v) is 3.73. The maximum Gasteiger partial charge on any atom is 0.139 e. The van der Waals surface area contributed by atoms with E-state index in [0.29, 0.717) is 5.82 Å². The third-order valence-corrected chi connectivity index (χ3v) is 4.85. The van der Waals surface area contributed by atoms with Crippen molar-refractivity contribution in [3.8, 4) is 0 Å². The molecule has 2 fully saturated rings. The SMILES string of the molecule is Nc1cc(N2CCN(C3CCCC3)CC2)sn1. The minimum Gasteiger partial charge on any atom is -0.383 e. The van der Waals surface area contributed by atoms with Crippen LogP contribution in [0.4, 0.5) is 10.8 Å². The van der Waals surface area contributed by atoms with E-state index >= 15 is 0 Å². The van der Waals surface area contributed by atoms with Crippen LogP contribution in [0.15, 0.2) is 6.07 Å². The summed E-state index contributed by atoms with van der Waals surface area (Å²) in [7, 11) is 0. The van der Waals surface area contributed by atoms with Gasteiger partial charge in [0.1, 0.15) is 10.8 Å². The Hall–Kier alpha value is -0.810. The number of piperazine rings is 1. The van der Waals surface area contributed by atoms with Crippen LogP contribution < -0.4 is 10.6 Å². The lowest BCUT2D eigenvalue weighted by atomic mass is 10.2. The van der Waals surface area contributed by atoms with Crippen molar-refractivity contribution < 1.29 is 0 Å². The minimum atomic E-state index is 0.656. The van der Waals surface area contributed by atoms with Crippen molar-refractivity contribution in [2.45, 2.75) is 31.7 Å². The first-order chi connectivity index (χ1) is 8.33. The van der Waals surface area contributed by atoms with Gasteiger partial charge in [-0.2, -0.15) is 4.37 Å². The van der Waals surface area contributed by atoms with Gasteiger partial charge in [0, 0.05) is 38.3 Å². The molecule has 1 aliphatic heterocycles. The smallest absolute Gasteiger partial charge is 0.139 e. The zero-order valence-corrected chi connectivity index (χ0v) is 11.0. The largest absolute Gasteiger partial charge is 0.383 e. The average molecular weight is 252 g/mol. The molecule has 3 rings (SSSR count). The lowest BCUT2D eigenvalue weighted by Crippen LogP contribution is -2.49. The molecule has 2 aliphatic rings. The molecule has 94 valence electrons. The Labute approximate surface area is 107 Å². The number of nitrogens with two attached hydrogens (primary N) is 1. The fraction of sp³-hybridized carbons (Fsp3) is 0.750. The number of nitrogens with zero attached hydrogens (tertiary/aromatic N) is 3. The highest BCUT2D eigenvalue weighted by molar-refractivity contribution is 7.10. The summed E-state index contributed by atoms with van der Waals surface area (Å²) in [5, 5.41) is 1.23. The second-order valence-corrected chi connectivity index (χ2v) is 5.83. The van der Waals surface area contributed by atoms with Gasteiger partial charge in [-0.15, -0.1) is 0 Å². The number of hydrogen-bond acceptors (Lipinski definition) is 5. The monoisotopic (exact) mass is 252 g/mol. The zero-order valence-electron chi connectivity index (χ0n) is 10.1. The van der Waals surface area contributed by atoms with Gasteiger partial charge in [0.25, 0.3) is 0 Å². The lowest BCUT2D eigenvalue weighted by Gasteiger charge is -2.38. The summed E-state index contributed by atoms with van der Waals surface area (Å²) in [6, 6.07) is 2.86. The molecule has 1 aromatic heterocycles. The van der Waals surface area contributed by atoms with Crippen LogP contribution in [0.2, 0.25) is 0 Å². The maximum atomic E-state index is 5.67. The first-order valence-corrected chi connectivity index (χ1v) is 7.31. The Bertz CT molecular complexity index is 364. The summed E-state index contributed by atoms with van der Waals surface area (Å²) in [4.78, 5) is 5.09. The molecule has 0 spiro atoms. The Morgan fingerprint density at radius 2 is 1.88 bits per heavy atom. The van der Waals surface area contributed by atoms with Crippen LogP contribution in [0.1, 0.15) is 25.7 Å². The van der Waals surface area contributed by atoms with Crippen molar-refractivity contribution in [2.75, 3.05) is 36.8 Å². The highest BCUT2D eigenvalue weighted by Gasteiger charge is 2.26. The molecule has 0 unspecified atom stereocenters. The van der Waals surface area contributed by atoms with E-state index in [1.54, 1.807) is 0 Å². The van der Waals surface area contributed by atoms with Crippen LogP contribution in [0.3, 0.4) is 0 Å². The van der Waals surface area contributed by atoms with E-state index in [2.05, 4.69) is 14.2 Å². The van der Waals surface area contributed by atoms with Crippen molar-refractivity contribution in [2.24, 2.45) is 0 Å². The lowest BCUT2D eigenvalue weighted by molar-refractivity contribution is 0.188. The molecule has 1 aliphatic carbocycles. The third-order valence-electron chi connectivity index (χ3n) is 3.98. The van der Waals surface area contributed by atoms with Gasteiger partial charge in [-0.25, -0.2) is 0 Å². The van der Waals surface area contributed by atoms with Gasteiger partial charge in [-0.3, -0.25) is 4.90 Å². The molecule has 0 atom stereocenters. The van der Waals surface area contributed by atoms with Crippen molar-refractivity contribution in [3.63, 3.8) is 0 Å². The Morgan fingerprint density at radius 3 is 2.47 bits per heavy atom. The fourth-order valence-electron chi connectivity index (χ4n) is 3.00. The Kier molecular flexibility index (Phi) is 3.20. The van der Waals surface area contributed by atoms with E-state index in [0.717, 1.165) is 19.1 Å². The van der Waals surface area contributed by atoms with E-state index in [1.165, 1.54) is 55.3 Å². The molecule has 0 aromatic carbocycles. The van der Waals surface area contributed by atoms with Crippen LogP contribution in [0.5, 0.6) is 0 Å². The van der Waals surface area contributed by atoms with Gasteiger partial charge in [-0.05, 0) is 24.4 Å². The molecule has 1 saturated heterocycles. The zero-order chi connectivity index (χ0) is 11.7. The normalized spacial score (nSPS) is 23.4. The van der Waals surface area contributed by atoms with Crippen LogP contribution in [0.25, 0.3) is 0 Å². The molecule has 1 aromatic rings. The molecule has 0 amide bonds. The van der Waals surface area contributed by atoms with Gasteiger partial charge in [-0.1, -0.05) is 12.8 Å². The van der Waals surface area contributed by atoms with Crippen molar-refractivity contribution in [3.05, 3.63) is 6.07 Å². The van der Waals surface area contributed by atoms with Gasteiger partial charge in [0.05, 0.1) is 0 Å². The predicted octanol–water partition coefficient (Wildman–Crippen LogP) is 1.79. The number of rotatable bonds is 2. The van der Waals surface area contributed by atoms with E-state index in [9.17, 15) is 0 Å². The van der Waals surface area contributed by atoms with Crippen LogP contribution in [-0.2, 0) is 0 Å². The molecule has 1 saturated carbocycles. The van der Waals surface area contributed by atoms with Gasteiger partial charge in [0.15, 0.2) is 0 Å². The third kappa shape index (κ3) is 2.40.